The maximum absolute atomic E-state index is 12.5. The minimum Gasteiger partial charge on any atom is -0.480 e. The summed E-state index contributed by atoms with van der Waals surface area (Å²) in [6.45, 7) is 11.9. The van der Waals surface area contributed by atoms with Crippen LogP contribution in [0.3, 0.4) is 0 Å². The number of imidazole rings is 2. The van der Waals surface area contributed by atoms with Crippen LogP contribution in [0.5, 0.6) is 0 Å². The number of carboxylic acid groups (broad SMARTS) is 1. The molecule has 2 saturated heterocycles. The van der Waals surface area contributed by atoms with E-state index >= 15 is 0 Å². The number of rotatable bonds is 13. The molecule has 0 bridgehead atoms. The molecule has 0 amide bonds. The zero-order chi connectivity index (χ0) is 29.7. The van der Waals surface area contributed by atoms with E-state index in [-0.39, 0.29) is 5.41 Å². The summed E-state index contributed by atoms with van der Waals surface area (Å²) in [6.07, 6.45) is 13.8. The lowest BCUT2D eigenvalue weighted by Crippen LogP contribution is -2.49. The lowest BCUT2D eigenvalue weighted by molar-refractivity contribution is -0.142. The molecule has 4 heterocycles. The Bertz CT molecular complexity index is 1260. The van der Waals surface area contributed by atoms with Crippen LogP contribution in [-0.4, -0.2) is 76.5 Å². The molecular weight excluding hydrogens is 526 g/mol. The zero-order valence-electron chi connectivity index (χ0n) is 25.9. The van der Waals surface area contributed by atoms with Gasteiger partial charge in [0.1, 0.15) is 17.7 Å². The van der Waals surface area contributed by atoms with Crippen LogP contribution in [0.4, 0.5) is 0 Å². The molecule has 1 spiro atoms. The summed E-state index contributed by atoms with van der Waals surface area (Å²) in [5, 5.41) is 10.3. The van der Waals surface area contributed by atoms with Crippen molar-refractivity contribution in [3.8, 4) is 0 Å². The topological polar surface area (TPSA) is 93.5 Å². The molecule has 0 aliphatic carbocycles. The first-order valence-corrected chi connectivity index (χ1v) is 15.8. The SMILES string of the molecule is CCC(CC)N1CCC2(CC1)C[C@@H](C(=O)O)N(Cc1ccc(CN(Cc3ncc[nH]3)Cc3nccn3C)cc1)C2CC. The van der Waals surface area contributed by atoms with E-state index in [4.69, 9.17) is 0 Å². The van der Waals surface area contributed by atoms with Gasteiger partial charge < -0.3 is 19.6 Å². The predicted molar refractivity (Wildman–Crippen MR) is 164 cm³/mol. The highest BCUT2D eigenvalue weighted by Crippen LogP contribution is 2.50. The van der Waals surface area contributed by atoms with Crippen molar-refractivity contribution in [2.45, 2.75) is 104 Å². The second-order valence-electron chi connectivity index (χ2n) is 12.5. The Hall–Kier alpha value is -3.01. The molecule has 1 aromatic carbocycles. The third kappa shape index (κ3) is 6.63. The van der Waals surface area contributed by atoms with Crippen LogP contribution < -0.4 is 0 Å². The highest BCUT2D eigenvalue weighted by molar-refractivity contribution is 5.74. The number of benzene rings is 1. The molecule has 2 aliphatic rings. The standard InChI is InChI=1S/C33H49N7O2/c1-5-27(6-2)39-17-12-33(13-18-39)20-28(32(41)42)40(29(33)7-3)22-26-10-8-25(9-11-26)21-38(23-30-34-14-15-35-30)24-31-36-16-19-37(31)4/h8-11,14-16,19,27-29H,5-7,12-13,17-18,20-24H2,1-4H3,(H,34,35)(H,41,42)/t28-,29?/m0/s1. The Morgan fingerprint density at radius 3 is 2.33 bits per heavy atom. The van der Waals surface area contributed by atoms with Crippen molar-refractivity contribution in [3.63, 3.8) is 0 Å². The summed E-state index contributed by atoms with van der Waals surface area (Å²) >= 11 is 0. The third-order valence-electron chi connectivity index (χ3n) is 10.0. The monoisotopic (exact) mass is 575 g/mol. The molecule has 9 nitrogen and oxygen atoms in total. The number of nitrogens with one attached hydrogen (secondary N) is 1. The number of H-pyrrole nitrogens is 1. The highest BCUT2D eigenvalue weighted by Gasteiger charge is 2.54. The number of aromatic nitrogens is 4. The van der Waals surface area contributed by atoms with Gasteiger partial charge >= 0.3 is 5.97 Å². The lowest BCUT2D eigenvalue weighted by Gasteiger charge is -2.46. The zero-order valence-corrected chi connectivity index (χ0v) is 25.9. The van der Waals surface area contributed by atoms with Gasteiger partial charge in [-0.25, -0.2) is 9.97 Å². The van der Waals surface area contributed by atoms with E-state index < -0.39 is 12.0 Å². The number of carboxylic acids is 1. The number of aromatic amines is 1. The normalized spacial score (nSPS) is 21.2. The Morgan fingerprint density at radius 1 is 1.05 bits per heavy atom. The van der Waals surface area contributed by atoms with Gasteiger partial charge in [0.15, 0.2) is 0 Å². The molecule has 228 valence electrons. The Kier molecular flexibility index (Phi) is 9.81. The van der Waals surface area contributed by atoms with Gasteiger partial charge in [0.2, 0.25) is 0 Å². The predicted octanol–water partition coefficient (Wildman–Crippen LogP) is 5.05. The molecule has 2 fully saturated rings. The Balaban J connectivity index is 1.28. The summed E-state index contributed by atoms with van der Waals surface area (Å²) in [4.78, 5) is 32.0. The second kappa shape index (κ2) is 13.5. The largest absolute Gasteiger partial charge is 0.480 e. The van der Waals surface area contributed by atoms with Gasteiger partial charge in [-0.2, -0.15) is 0 Å². The molecule has 3 aromatic rings. The van der Waals surface area contributed by atoms with Crippen LogP contribution in [0.25, 0.3) is 0 Å². The summed E-state index contributed by atoms with van der Waals surface area (Å²) < 4.78 is 2.06. The van der Waals surface area contributed by atoms with Crippen LogP contribution in [-0.2, 0) is 38.0 Å². The minimum absolute atomic E-state index is 0.0949. The van der Waals surface area contributed by atoms with Gasteiger partial charge in [0.25, 0.3) is 0 Å². The Morgan fingerprint density at radius 2 is 1.76 bits per heavy atom. The molecule has 42 heavy (non-hydrogen) atoms. The van der Waals surface area contributed by atoms with Gasteiger partial charge in [-0.05, 0) is 68.2 Å². The molecule has 2 aliphatic heterocycles. The van der Waals surface area contributed by atoms with E-state index in [1.54, 1.807) is 6.20 Å². The van der Waals surface area contributed by atoms with Crippen molar-refractivity contribution < 1.29 is 9.90 Å². The molecule has 2 N–H and O–H groups in total. The van der Waals surface area contributed by atoms with Gasteiger partial charge in [-0.3, -0.25) is 14.6 Å². The molecule has 9 heteroatoms. The van der Waals surface area contributed by atoms with Crippen molar-refractivity contribution in [2.75, 3.05) is 13.1 Å². The number of piperidine rings is 1. The number of aryl methyl sites for hydroxylation is 1. The number of likely N-dealkylation sites (tertiary alicyclic amines) is 2. The smallest absolute Gasteiger partial charge is 0.320 e. The lowest BCUT2D eigenvalue weighted by atomic mass is 9.70. The van der Waals surface area contributed by atoms with Crippen LogP contribution >= 0.6 is 0 Å². The quantitative estimate of drug-likeness (QED) is 0.295. The van der Waals surface area contributed by atoms with Crippen molar-refractivity contribution in [3.05, 3.63) is 71.8 Å². The average molecular weight is 576 g/mol. The molecular formula is C33H49N7O2. The van der Waals surface area contributed by atoms with Crippen molar-refractivity contribution in [1.29, 1.82) is 0 Å². The number of hydrogen-bond acceptors (Lipinski definition) is 6. The van der Waals surface area contributed by atoms with Crippen molar-refractivity contribution >= 4 is 5.97 Å². The Labute approximate surface area is 251 Å². The summed E-state index contributed by atoms with van der Waals surface area (Å²) in [6, 6.07) is 9.28. The molecule has 2 atom stereocenters. The first-order valence-electron chi connectivity index (χ1n) is 15.8. The van der Waals surface area contributed by atoms with Crippen molar-refractivity contribution in [1.82, 2.24) is 34.2 Å². The van der Waals surface area contributed by atoms with E-state index in [0.29, 0.717) is 25.2 Å². The summed E-state index contributed by atoms with van der Waals surface area (Å²) in [5.41, 5.74) is 2.49. The van der Waals surface area contributed by atoms with Gasteiger partial charge in [-0.1, -0.05) is 45.0 Å². The van der Waals surface area contributed by atoms with E-state index in [0.717, 1.165) is 63.5 Å². The first-order chi connectivity index (χ1) is 20.4. The number of aliphatic carboxylic acids is 1. The van der Waals surface area contributed by atoms with E-state index in [1.165, 1.54) is 24.0 Å². The van der Waals surface area contributed by atoms with Crippen molar-refractivity contribution in [2.24, 2.45) is 12.5 Å². The molecule has 2 aromatic heterocycles. The van der Waals surface area contributed by atoms with Crippen LogP contribution in [0.15, 0.2) is 49.1 Å². The maximum Gasteiger partial charge on any atom is 0.320 e. The summed E-state index contributed by atoms with van der Waals surface area (Å²) in [7, 11) is 2.02. The maximum atomic E-state index is 12.5. The fraction of sp³-hybridized carbons (Fsp3) is 0.606. The summed E-state index contributed by atoms with van der Waals surface area (Å²) in [5.74, 6) is 1.27. The van der Waals surface area contributed by atoms with Gasteiger partial charge in [0, 0.05) is 57.0 Å². The average Bonchev–Trinajstić information content (AvgIpc) is 3.72. The fourth-order valence-electron chi connectivity index (χ4n) is 7.73. The molecule has 0 saturated carbocycles. The van der Waals surface area contributed by atoms with E-state index in [9.17, 15) is 9.90 Å². The van der Waals surface area contributed by atoms with Crippen LogP contribution in [0, 0.1) is 5.41 Å². The number of hydrogen-bond donors (Lipinski definition) is 2. The third-order valence-corrected chi connectivity index (χ3v) is 10.0. The van der Waals surface area contributed by atoms with E-state index in [2.05, 4.69) is 79.3 Å². The van der Waals surface area contributed by atoms with Gasteiger partial charge in [-0.15, -0.1) is 0 Å². The second-order valence-corrected chi connectivity index (χ2v) is 12.5. The van der Waals surface area contributed by atoms with Crippen LogP contribution in [0.2, 0.25) is 0 Å². The fourth-order valence-corrected chi connectivity index (χ4v) is 7.73. The molecule has 5 rings (SSSR count). The number of nitrogens with zero attached hydrogens (tertiary/aromatic N) is 6. The first kappa shape index (κ1) is 30.4. The molecule has 1 unspecified atom stereocenters. The van der Waals surface area contributed by atoms with E-state index in [1.807, 2.05) is 25.6 Å². The van der Waals surface area contributed by atoms with Crippen LogP contribution in [0.1, 0.15) is 82.1 Å². The number of carbonyl (C=O) groups is 1. The highest BCUT2D eigenvalue weighted by atomic mass is 16.4. The van der Waals surface area contributed by atoms with Gasteiger partial charge in [0.05, 0.1) is 13.1 Å². The minimum atomic E-state index is -0.674. The molecule has 0 radical (unpaired) electrons.